The summed E-state index contributed by atoms with van der Waals surface area (Å²) in [5.74, 6) is -0.0919. The van der Waals surface area contributed by atoms with Gasteiger partial charge in [0.25, 0.3) is 0 Å². The fourth-order valence-corrected chi connectivity index (χ4v) is 2.55. The highest BCUT2D eigenvalue weighted by Gasteiger charge is 2.11. The average molecular weight is 401 g/mol. The molecule has 0 aromatic heterocycles. The molecule has 0 aliphatic carbocycles. The summed E-state index contributed by atoms with van der Waals surface area (Å²) < 4.78 is 15.3. The molecule has 29 heavy (non-hydrogen) atoms. The summed E-state index contributed by atoms with van der Waals surface area (Å²) in [5, 5.41) is 30.6. The van der Waals surface area contributed by atoms with E-state index in [2.05, 4.69) is 0 Å². The topological polar surface area (TPSA) is 60.7 Å². The monoisotopic (exact) mass is 400 g/mol. The van der Waals surface area contributed by atoms with E-state index in [0.717, 1.165) is 0 Å². The molecule has 0 saturated heterocycles. The summed E-state index contributed by atoms with van der Waals surface area (Å²) in [6.45, 7) is 12.0. The van der Waals surface area contributed by atoms with Crippen LogP contribution in [-0.4, -0.2) is 15.3 Å². The molecule has 0 atom stereocenters. The Labute approximate surface area is 179 Å². The van der Waals surface area contributed by atoms with Crippen molar-refractivity contribution in [2.24, 2.45) is 0 Å². The first-order valence-electron chi connectivity index (χ1n) is 11.3. The number of aromatic hydroxyl groups is 3. The molecule has 3 aromatic rings. The first kappa shape index (κ1) is 22.4. The quantitative estimate of drug-likeness (QED) is 0.439. The first-order valence-corrected chi connectivity index (χ1v) is 10.3. The zero-order valence-electron chi connectivity index (χ0n) is 20.5. The molecule has 3 N–H and O–H groups in total. The minimum absolute atomic E-state index is 0.0466. The van der Waals surface area contributed by atoms with Crippen LogP contribution >= 0.6 is 0 Å². The van der Waals surface area contributed by atoms with Crippen molar-refractivity contribution in [2.45, 2.75) is 54.4 Å². The number of hydrogen-bond donors (Lipinski definition) is 3. The Bertz CT molecular complexity index is 853. The van der Waals surface area contributed by atoms with Gasteiger partial charge in [-0.1, -0.05) is 96.1 Å². The molecular weight excluding hydrogens is 360 g/mol. The highest BCUT2D eigenvalue weighted by atomic mass is 16.3. The lowest BCUT2D eigenvalue weighted by molar-refractivity contribution is 0.457. The van der Waals surface area contributed by atoms with Gasteiger partial charge in [0.1, 0.15) is 17.2 Å². The Morgan fingerprint density at radius 1 is 0.552 bits per heavy atom. The third-order valence-corrected chi connectivity index (χ3v) is 3.80. The van der Waals surface area contributed by atoms with Gasteiger partial charge in [-0.2, -0.15) is 0 Å². The second kappa shape index (κ2) is 15.0. The fraction of sp³-hybridized carbons (Fsp3) is 0.308. The molecule has 0 aliphatic heterocycles. The van der Waals surface area contributed by atoms with E-state index in [1.165, 1.54) is 12.1 Å². The molecule has 0 fully saturated rings. The Balaban J connectivity index is 0.00000138. The van der Waals surface area contributed by atoms with Gasteiger partial charge in [0, 0.05) is 12.8 Å². The number of rotatable bonds is 4. The minimum Gasteiger partial charge on any atom is -0.508 e. The maximum absolute atomic E-state index is 10.6. The Kier molecular flexibility index (Phi) is 11.6. The Morgan fingerprint density at radius 3 is 1.28 bits per heavy atom. The summed E-state index contributed by atoms with van der Waals surface area (Å²) >= 11 is 0. The van der Waals surface area contributed by atoms with Crippen LogP contribution in [0.1, 0.15) is 66.5 Å². The van der Waals surface area contributed by atoms with Gasteiger partial charge in [-0.05, 0) is 34.3 Å². The third kappa shape index (κ3) is 7.90. The predicted octanol–water partition coefficient (Wildman–Crippen LogP) is 7.06. The van der Waals surface area contributed by atoms with Crippen molar-refractivity contribution in [3.05, 3.63) is 88.9 Å². The maximum atomic E-state index is 10.6. The third-order valence-electron chi connectivity index (χ3n) is 3.80. The van der Waals surface area contributed by atoms with Crippen LogP contribution in [-0.2, 0) is 12.8 Å². The Hall–Kier alpha value is -2.94. The van der Waals surface area contributed by atoms with Crippen molar-refractivity contribution in [1.29, 1.82) is 0 Å². The lowest BCUT2D eigenvalue weighted by Gasteiger charge is -2.11. The highest BCUT2D eigenvalue weighted by molar-refractivity contribution is 5.48. The lowest BCUT2D eigenvalue weighted by atomic mass is 9.97. The molecular formula is C26H36O3. The van der Waals surface area contributed by atoms with Crippen molar-refractivity contribution in [1.82, 2.24) is 0 Å². The van der Waals surface area contributed by atoms with Crippen LogP contribution in [0.3, 0.4) is 0 Å². The summed E-state index contributed by atoms with van der Waals surface area (Å²) in [7, 11) is 0. The molecule has 3 aromatic carbocycles. The molecule has 0 heterocycles. The van der Waals surface area contributed by atoms with Gasteiger partial charge < -0.3 is 15.3 Å². The van der Waals surface area contributed by atoms with Gasteiger partial charge in [-0.3, -0.25) is 0 Å². The molecule has 0 unspecified atom stereocenters. The fourth-order valence-electron chi connectivity index (χ4n) is 2.55. The molecule has 0 spiro atoms. The van der Waals surface area contributed by atoms with Crippen molar-refractivity contribution >= 4 is 0 Å². The van der Waals surface area contributed by atoms with Crippen LogP contribution in [0.15, 0.2) is 66.7 Å². The molecule has 0 aliphatic rings. The molecule has 3 heteroatoms. The van der Waals surface area contributed by atoms with Crippen molar-refractivity contribution in [3.8, 4) is 17.2 Å². The van der Waals surface area contributed by atoms with E-state index in [1.807, 2.05) is 41.5 Å². The molecule has 0 saturated carbocycles. The van der Waals surface area contributed by atoms with Crippen LogP contribution in [0, 0.1) is 0 Å². The largest absolute Gasteiger partial charge is 0.508 e. The predicted molar refractivity (Wildman–Crippen MR) is 124 cm³/mol. The van der Waals surface area contributed by atoms with Crippen LogP contribution in [0.5, 0.6) is 17.2 Å². The number of hydrogen-bond acceptors (Lipinski definition) is 3. The maximum Gasteiger partial charge on any atom is 0.122 e. The molecule has 3 nitrogen and oxygen atoms in total. The van der Waals surface area contributed by atoms with Crippen molar-refractivity contribution in [2.75, 3.05) is 0 Å². The van der Waals surface area contributed by atoms with Crippen LogP contribution in [0.2, 0.25) is 0 Å². The smallest absolute Gasteiger partial charge is 0.122 e. The second-order valence-corrected chi connectivity index (χ2v) is 5.37. The molecule has 0 bridgehead atoms. The normalized spacial score (nSPS) is 10.0. The standard InChI is InChI=1S/C20H18O3.3C2H6/c21-18-10-3-1-6-14(18)12-16-8-5-9-17(20(16)23)13-15-7-2-4-11-19(15)22;3*1-2/h1-11,21-23H,12-13H2;3*1-2H3/i10T,11T;;;. The van der Waals surface area contributed by atoms with E-state index in [1.54, 1.807) is 42.5 Å². The lowest BCUT2D eigenvalue weighted by Crippen LogP contribution is -1.95. The van der Waals surface area contributed by atoms with E-state index in [4.69, 9.17) is 2.74 Å². The summed E-state index contributed by atoms with van der Waals surface area (Å²) in [4.78, 5) is 0. The summed E-state index contributed by atoms with van der Waals surface area (Å²) in [5.41, 5.74) is 2.38. The van der Waals surface area contributed by atoms with E-state index in [9.17, 15) is 15.3 Å². The van der Waals surface area contributed by atoms with Crippen molar-refractivity contribution < 1.29 is 18.1 Å². The zero-order chi connectivity index (χ0) is 24.0. The molecule has 0 amide bonds. The van der Waals surface area contributed by atoms with Crippen LogP contribution in [0.4, 0.5) is 0 Å². The van der Waals surface area contributed by atoms with E-state index in [0.29, 0.717) is 35.1 Å². The molecule has 0 radical (unpaired) electrons. The van der Waals surface area contributed by atoms with Gasteiger partial charge in [0.05, 0.1) is 2.74 Å². The first-order chi connectivity index (χ1) is 15.0. The van der Waals surface area contributed by atoms with Crippen molar-refractivity contribution in [3.63, 3.8) is 0 Å². The molecule has 3 rings (SSSR count). The summed E-state index contributed by atoms with van der Waals surface area (Å²) in [6.07, 6.45) is 0.589. The van der Waals surface area contributed by atoms with Gasteiger partial charge in [-0.15, -0.1) is 0 Å². The number of phenols is 3. The van der Waals surface area contributed by atoms with Gasteiger partial charge >= 0.3 is 0 Å². The average Bonchev–Trinajstić information content (AvgIpc) is 2.81. The van der Waals surface area contributed by atoms with E-state index < -0.39 is 0 Å². The SMILES string of the molecule is CC.CC.CC.[3H]c1cccc(Cc2cccc(Cc3cccc([3H])c3O)c2O)c1O. The number of phenolic OH excluding ortho intramolecular Hbond substituents is 3. The number of benzene rings is 3. The van der Waals surface area contributed by atoms with Crippen LogP contribution in [0.25, 0.3) is 0 Å². The van der Waals surface area contributed by atoms with Gasteiger partial charge in [0.2, 0.25) is 0 Å². The highest BCUT2D eigenvalue weighted by Crippen LogP contribution is 2.30. The van der Waals surface area contributed by atoms with E-state index in [-0.39, 0.29) is 29.3 Å². The minimum atomic E-state index is -0.0909. The van der Waals surface area contributed by atoms with Crippen LogP contribution < -0.4 is 0 Å². The number of para-hydroxylation sites is 3. The molecule has 158 valence electrons. The van der Waals surface area contributed by atoms with Gasteiger partial charge in [-0.25, -0.2) is 0 Å². The Morgan fingerprint density at radius 2 is 0.897 bits per heavy atom. The second-order valence-electron chi connectivity index (χ2n) is 5.37. The zero-order valence-corrected chi connectivity index (χ0v) is 18.5. The van der Waals surface area contributed by atoms with E-state index >= 15 is 0 Å². The summed E-state index contributed by atoms with van der Waals surface area (Å²) in [6, 6.07) is 15.2. The van der Waals surface area contributed by atoms with Gasteiger partial charge in [0.15, 0.2) is 0 Å².